The van der Waals surface area contributed by atoms with Gasteiger partial charge < -0.3 is 9.80 Å². The van der Waals surface area contributed by atoms with E-state index in [0.717, 1.165) is 29.9 Å². The van der Waals surface area contributed by atoms with Crippen LogP contribution in [0.5, 0.6) is 0 Å². The molecule has 0 bridgehead atoms. The fraction of sp³-hybridized carbons (Fsp3) is 0.300. The Labute approximate surface area is 142 Å². The molecule has 1 saturated heterocycles. The molecule has 2 amide bonds. The molecular weight excluding hydrogens is 300 g/mol. The molecule has 0 aromatic heterocycles. The summed E-state index contributed by atoms with van der Waals surface area (Å²) < 4.78 is 0. The van der Waals surface area contributed by atoms with Crippen LogP contribution in [0, 0.1) is 6.92 Å². The van der Waals surface area contributed by atoms with Gasteiger partial charge in [-0.25, -0.2) is 0 Å². The molecule has 124 valence electrons. The van der Waals surface area contributed by atoms with Crippen LogP contribution < -0.4 is 9.80 Å². The molecule has 4 heteroatoms. The molecule has 0 radical (unpaired) electrons. The van der Waals surface area contributed by atoms with Gasteiger partial charge in [-0.2, -0.15) is 0 Å². The fourth-order valence-electron chi connectivity index (χ4n) is 3.12. The van der Waals surface area contributed by atoms with Gasteiger partial charge in [0.25, 0.3) is 5.91 Å². The van der Waals surface area contributed by atoms with Gasteiger partial charge in [0.05, 0.1) is 0 Å². The van der Waals surface area contributed by atoms with Crippen LogP contribution in [0.3, 0.4) is 0 Å². The van der Waals surface area contributed by atoms with E-state index in [2.05, 4.69) is 0 Å². The maximum atomic E-state index is 13.0. The van der Waals surface area contributed by atoms with Crippen LogP contribution in [-0.4, -0.2) is 24.9 Å². The normalized spacial score (nSPS) is 14.1. The van der Waals surface area contributed by atoms with Crippen molar-refractivity contribution in [2.45, 2.75) is 26.7 Å². The van der Waals surface area contributed by atoms with Crippen LogP contribution in [-0.2, 0) is 4.79 Å². The monoisotopic (exact) mass is 322 g/mol. The number of anilines is 2. The first-order chi connectivity index (χ1) is 11.6. The van der Waals surface area contributed by atoms with Crippen molar-refractivity contribution in [3.63, 3.8) is 0 Å². The standard InChI is InChI=1S/C20H22N2O2/c1-3-21(17-9-4-7-15(2)13-17)20(24)16-8-5-10-18(14-16)22-12-6-11-19(22)23/h4-5,7-10,13-14H,3,6,11-12H2,1-2H3. The van der Waals surface area contributed by atoms with Gasteiger partial charge in [0.15, 0.2) is 0 Å². The van der Waals surface area contributed by atoms with Gasteiger partial charge in [0.2, 0.25) is 5.91 Å². The topological polar surface area (TPSA) is 40.6 Å². The Kier molecular flexibility index (Phi) is 4.65. The van der Waals surface area contributed by atoms with Gasteiger partial charge in [0, 0.05) is 36.4 Å². The van der Waals surface area contributed by atoms with Crippen molar-refractivity contribution < 1.29 is 9.59 Å². The Hall–Kier alpha value is -2.62. The quantitative estimate of drug-likeness (QED) is 0.859. The number of benzene rings is 2. The Morgan fingerprint density at radius 1 is 1.17 bits per heavy atom. The van der Waals surface area contributed by atoms with E-state index in [1.165, 1.54) is 0 Å². The number of hydrogen-bond acceptors (Lipinski definition) is 2. The predicted octanol–water partition coefficient (Wildman–Crippen LogP) is 3.79. The summed E-state index contributed by atoms with van der Waals surface area (Å²) in [5.41, 5.74) is 3.43. The molecule has 1 fully saturated rings. The van der Waals surface area contributed by atoms with Crippen LogP contribution in [0.4, 0.5) is 11.4 Å². The summed E-state index contributed by atoms with van der Waals surface area (Å²) in [5, 5.41) is 0. The molecule has 0 unspecified atom stereocenters. The molecule has 0 atom stereocenters. The maximum Gasteiger partial charge on any atom is 0.258 e. The van der Waals surface area contributed by atoms with E-state index in [1.54, 1.807) is 9.80 Å². The zero-order valence-corrected chi connectivity index (χ0v) is 14.2. The number of carbonyl (C=O) groups excluding carboxylic acids is 2. The molecule has 4 nitrogen and oxygen atoms in total. The molecule has 1 heterocycles. The average Bonchev–Trinajstić information content (AvgIpc) is 3.02. The first kappa shape index (κ1) is 16.2. The molecule has 1 aliphatic rings. The lowest BCUT2D eigenvalue weighted by molar-refractivity contribution is -0.117. The van der Waals surface area contributed by atoms with Crippen LogP contribution in [0.25, 0.3) is 0 Å². The minimum atomic E-state index is -0.0448. The smallest absolute Gasteiger partial charge is 0.258 e. The third-order valence-electron chi connectivity index (χ3n) is 4.35. The molecule has 2 aromatic rings. The highest BCUT2D eigenvalue weighted by Gasteiger charge is 2.23. The summed E-state index contributed by atoms with van der Waals surface area (Å²) in [5.74, 6) is 0.0854. The minimum absolute atomic E-state index is 0.0448. The van der Waals surface area contributed by atoms with Crippen molar-refractivity contribution in [1.82, 2.24) is 0 Å². The Morgan fingerprint density at radius 3 is 2.62 bits per heavy atom. The SMILES string of the molecule is CCN(C(=O)c1cccc(N2CCCC2=O)c1)c1cccc(C)c1. The van der Waals surface area contributed by atoms with E-state index in [9.17, 15) is 9.59 Å². The highest BCUT2D eigenvalue weighted by molar-refractivity contribution is 6.07. The number of nitrogens with zero attached hydrogens (tertiary/aromatic N) is 2. The van der Waals surface area contributed by atoms with E-state index >= 15 is 0 Å². The summed E-state index contributed by atoms with van der Waals surface area (Å²) in [7, 11) is 0. The predicted molar refractivity (Wildman–Crippen MR) is 96.6 cm³/mol. The number of rotatable bonds is 4. The second kappa shape index (κ2) is 6.87. The largest absolute Gasteiger partial charge is 0.312 e. The van der Waals surface area contributed by atoms with Crippen molar-refractivity contribution in [2.24, 2.45) is 0 Å². The second-order valence-corrected chi connectivity index (χ2v) is 6.09. The van der Waals surface area contributed by atoms with Crippen LogP contribution in [0.15, 0.2) is 48.5 Å². The van der Waals surface area contributed by atoms with Gasteiger partial charge in [-0.1, -0.05) is 18.2 Å². The molecule has 0 saturated carbocycles. The zero-order chi connectivity index (χ0) is 17.1. The van der Waals surface area contributed by atoms with Crippen molar-refractivity contribution in [3.8, 4) is 0 Å². The first-order valence-corrected chi connectivity index (χ1v) is 8.39. The molecule has 2 aromatic carbocycles. The molecule has 1 aliphatic heterocycles. The minimum Gasteiger partial charge on any atom is -0.312 e. The second-order valence-electron chi connectivity index (χ2n) is 6.09. The third-order valence-corrected chi connectivity index (χ3v) is 4.35. The van der Waals surface area contributed by atoms with Gasteiger partial charge >= 0.3 is 0 Å². The lowest BCUT2D eigenvalue weighted by Crippen LogP contribution is -2.31. The van der Waals surface area contributed by atoms with Gasteiger partial charge in [-0.15, -0.1) is 0 Å². The first-order valence-electron chi connectivity index (χ1n) is 8.39. The molecule has 0 N–H and O–H groups in total. The van der Waals surface area contributed by atoms with Crippen LogP contribution in [0.1, 0.15) is 35.7 Å². The summed E-state index contributed by atoms with van der Waals surface area (Å²) in [6.07, 6.45) is 1.46. The summed E-state index contributed by atoms with van der Waals surface area (Å²) in [6, 6.07) is 15.3. The Bertz CT molecular complexity index is 770. The molecule has 24 heavy (non-hydrogen) atoms. The highest BCUT2D eigenvalue weighted by Crippen LogP contribution is 2.24. The van der Waals surface area contributed by atoms with E-state index < -0.39 is 0 Å². The fourth-order valence-corrected chi connectivity index (χ4v) is 3.12. The van der Waals surface area contributed by atoms with Crippen molar-refractivity contribution in [1.29, 1.82) is 0 Å². The summed E-state index contributed by atoms with van der Waals surface area (Å²) in [4.78, 5) is 28.4. The molecule has 0 aliphatic carbocycles. The van der Waals surface area contributed by atoms with Crippen LogP contribution >= 0.6 is 0 Å². The van der Waals surface area contributed by atoms with Crippen molar-refractivity contribution in [3.05, 3.63) is 59.7 Å². The van der Waals surface area contributed by atoms with E-state index in [4.69, 9.17) is 0 Å². The van der Waals surface area contributed by atoms with Gasteiger partial charge in [-0.3, -0.25) is 9.59 Å². The lowest BCUT2D eigenvalue weighted by atomic mass is 10.1. The Balaban J connectivity index is 1.90. The molecule has 0 spiro atoms. The third kappa shape index (κ3) is 3.18. The van der Waals surface area contributed by atoms with E-state index in [0.29, 0.717) is 18.5 Å². The summed E-state index contributed by atoms with van der Waals surface area (Å²) >= 11 is 0. The summed E-state index contributed by atoms with van der Waals surface area (Å²) in [6.45, 7) is 5.30. The van der Waals surface area contributed by atoms with Crippen molar-refractivity contribution in [2.75, 3.05) is 22.9 Å². The van der Waals surface area contributed by atoms with Gasteiger partial charge in [-0.05, 0) is 56.2 Å². The number of aryl methyl sites for hydroxylation is 1. The van der Waals surface area contributed by atoms with Crippen molar-refractivity contribution >= 4 is 23.2 Å². The molecule has 3 rings (SSSR count). The lowest BCUT2D eigenvalue weighted by Gasteiger charge is -2.23. The molecular formula is C20H22N2O2. The van der Waals surface area contributed by atoms with Crippen LogP contribution in [0.2, 0.25) is 0 Å². The highest BCUT2D eigenvalue weighted by atomic mass is 16.2. The number of amides is 2. The number of hydrogen-bond donors (Lipinski definition) is 0. The van der Waals surface area contributed by atoms with Gasteiger partial charge in [0.1, 0.15) is 0 Å². The number of carbonyl (C=O) groups is 2. The Morgan fingerprint density at radius 2 is 1.96 bits per heavy atom. The average molecular weight is 322 g/mol. The zero-order valence-electron chi connectivity index (χ0n) is 14.2. The maximum absolute atomic E-state index is 13.0. The van der Waals surface area contributed by atoms with E-state index in [-0.39, 0.29) is 11.8 Å². The van der Waals surface area contributed by atoms with E-state index in [1.807, 2.05) is 62.4 Å².